The Kier molecular flexibility index (Phi) is 3.79. The third-order valence-corrected chi connectivity index (χ3v) is 3.45. The highest BCUT2D eigenvalue weighted by atomic mass is 16.3. The molecule has 1 amide bonds. The average molecular weight is 233 g/mol. The van der Waals surface area contributed by atoms with Crippen LogP contribution in [0.25, 0.3) is 0 Å². The first-order valence-electron chi connectivity index (χ1n) is 6.20. The molecule has 1 N–H and O–H groups in total. The molecule has 92 valence electrons. The van der Waals surface area contributed by atoms with E-state index in [-0.39, 0.29) is 17.9 Å². The molecule has 0 saturated carbocycles. The second-order valence-corrected chi connectivity index (χ2v) is 4.69. The summed E-state index contributed by atoms with van der Waals surface area (Å²) in [6, 6.07) is 9.85. The second-order valence-electron chi connectivity index (χ2n) is 4.69. The maximum absolute atomic E-state index is 12.2. The molecule has 1 aromatic carbocycles. The van der Waals surface area contributed by atoms with Crippen LogP contribution in [0, 0.1) is 0 Å². The van der Waals surface area contributed by atoms with Crippen molar-refractivity contribution in [3.8, 4) is 0 Å². The first kappa shape index (κ1) is 12.1. The minimum Gasteiger partial charge on any atom is -0.393 e. The first-order valence-corrected chi connectivity index (χ1v) is 6.20. The van der Waals surface area contributed by atoms with Crippen LogP contribution >= 0.6 is 0 Å². The topological polar surface area (TPSA) is 40.5 Å². The predicted molar refractivity (Wildman–Crippen MR) is 66.7 cm³/mol. The number of likely N-dealkylation sites (tertiary alicyclic amines) is 1. The highest BCUT2D eigenvalue weighted by molar-refractivity contribution is 5.83. The van der Waals surface area contributed by atoms with Gasteiger partial charge in [0.15, 0.2) is 0 Å². The van der Waals surface area contributed by atoms with Crippen LogP contribution in [0.1, 0.15) is 31.2 Å². The van der Waals surface area contributed by atoms with Gasteiger partial charge >= 0.3 is 0 Å². The fourth-order valence-electron chi connectivity index (χ4n) is 2.24. The molecule has 0 unspecified atom stereocenters. The number of aliphatic hydroxyl groups is 1. The third kappa shape index (κ3) is 2.86. The van der Waals surface area contributed by atoms with Crippen LogP contribution in [0.2, 0.25) is 0 Å². The number of benzene rings is 1. The molecular weight excluding hydrogens is 214 g/mol. The number of rotatable bonds is 2. The van der Waals surface area contributed by atoms with Crippen molar-refractivity contribution in [2.24, 2.45) is 0 Å². The van der Waals surface area contributed by atoms with Gasteiger partial charge in [0.05, 0.1) is 12.0 Å². The van der Waals surface area contributed by atoms with E-state index in [9.17, 15) is 9.90 Å². The summed E-state index contributed by atoms with van der Waals surface area (Å²) < 4.78 is 0. The lowest BCUT2D eigenvalue weighted by Gasteiger charge is -2.31. The monoisotopic (exact) mass is 233 g/mol. The molecule has 1 atom stereocenters. The Bertz CT molecular complexity index is 369. The molecule has 1 aliphatic heterocycles. The lowest BCUT2D eigenvalue weighted by Crippen LogP contribution is -2.41. The minimum absolute atomic E-state index is 0.0913. The van der Waals surface area contributed by atoms with Crippen LogP contribution in [-0.4, -0.2) is 35.1 Å². The van der Waals surface area contributed by atoms with Gasteiger partial charge in [0.2, 0.25) is 5.91 Å². The molecule has 1 aliphatic rings. The van der Waals surface area contributed by atoms with E-state index in [4.69, 9.17) is 0 Å². The number of carbonyl (C=O) groups is 1. The maximum Gasteiger partial charge on any atom is 0.229 e. The van der Waals surface area contributed by atoms with Crippen molar-refractivity contribution in [1.29, 1.82) is 0 Å². The Morgan fingerprint density at radius 3 is 2.47 bits per heavy atom. The molecule has 0 spiro atoms. The summed E-state index contributed by atoms with van der Waals surface area (Å²) in [7, 11) is 0. The van der Waals surface area contributed by atoms with Gasteiger partial charge in [-0.3, -0.25) is 4.79 Å². The van der Waals surface area contributed by atoms with E-state index in [1.165, 1.54) is 0 Å². The second kappa shape index (κ2) is 5.32. The van der Waals surface area contributed by atoms with Crippen LogP contribution in [0.5, 0.6) is 0 Å². The molecule has 3 heteroatoms. The molecule has 1 fully saturated rings. The Hall–Kier alpha value is -1.35. The number of aliphatic hydroxyl groups excluding tert-OH is 1. The van der Waals surface area contributed by atoms with Gasteiger partial charge in [0.1, 0.15) is 0 Å². The van der Waals surface area contributed by atoms with E-state index >= 15 is 0 Å². The van der Waals surface area contributed by atoms with Crippen LogP contribution in [0.4, 0.5) is 0 Å². The quantitative estimate of drug-likeness (QED) is 0.845. The van der Waals surface area contributed by atoms with Crippen molar-refractivity contribution in [1.82, 2.24) is 4.90 Å². The molecule has 0 aromatic heterocycles. The molecule has 1 saturated heterocycles. The molecule has 1 heterocycles. The SMILES string of the molecule is C[C@@H](C(=O)N1CCC(O)CC1)c1ccccc1. The summed E-state index contributed by atoms with van der Waals surface area (Å²) in [5.41, 5.74) is 1.06. The molecule has 0 radical (unpaired) electrons. The van der Waals surface area contributed by atoms with E-state index < -0.39 is 0 Å². The van der Waals surface area contributed by atoms with Crippen molar-refractivity contribution in [2.45, 2.75) is 31.8 Å². The maximum atomic E-state index is 12.2. The number of amides is 1. The van der Waals surface area contributed by atoms with Crippen LogP contribution in [0.3, 0.4) is 0 Å². The zero-order chi connectivity index (χ0) is 12.3. The lowest BCUT2D eigenvalue weighted by molar-refractivity contribution is -0.134. The predicted octanol–water partition coefficient (Wildman–Crippen LogP) is 1.77. The van der Waals surface area contributed by atoms with E-state index in [1.54, 1.807) is 0 Å². The van der Waals surface area contributed by atoms with E-state index in [1.807, 2.05) is 42.2 Å². The van der Waals surface area contributed by atoms with Gasteiger partial charge in [-0.05, 0) is 25.3 Å². The third-order valence-electron chi connectivity index (χ3n) is 3.45. The lowest BCUT2D eigenvalue weighted by atomic mass is 9.98. The van der Waals surface area contributed by atoms with Gasteiger partial charge in [-0.25, -0.2) is 0 Å². The summed E-state index contributed by atoms with van der Waals surface area (Å²) in [5, 5.41) is 9.43. The highest BCUT2D eigenvalue weighted by Gasteiger charge is 2.25. The molecule has 0 aliphatic carbocycles. The van der Waals surface area contributed by atoms with Crippen LogP contribution < -0.4 is 0 Å². The first-order chi connectivity index (χ1) is 8.18. The average Bonchev–Trinajstić information content (AvgIpc) is 2.39. The summed E-state index contributed by atoms with van der Waals surface area (Å²) in [6.45, 7) is 3.30. The van der Waals surface area contributed by atoms with Gasteiger partial charge in [-0.1, -0.05) is 30.3 Å². The fourth-order valence-corrected chi connectivity index (χ4v) is 2.24. The van der Waals surface area contributed by atoms with Crippen LogP contribution in [-0.2, 0) is 4.79 Å². The molecular formula is C14H19NO2. The van der Waals surface area contributed by atoms with Gasteiger partial charge in [0, 0.05) is 13.1 Å². The summed E-state index contributed by atoms with van der Waals surface area (Å²) in [6.07, 6.45) is 1.17. The van der Waals surface area contributed by atoms with Crippen molar-refractivity contribution >= 4 is 5.91 Å². The Balaban J connectivity index is 2.00. The molecule has 17 heavy (non-hydrogen) atoms. The number of nitrogens with zero attached hydrogens (tertiary/aromatic N) is 1. The molecule has 2 rings (SSSR count). The number of hydrogen-bond donors (Lipinski definition) is 1. The largest absolute Gasteiger partial charge is 0.393 e. The van der Waals surface area contributed by atoms with Crippen molar-refractivity contribution in [3.05, 3.63) is 35.9 Å². The van der Waals surface area contributed by atoms with Gasteiger partial charge in [-0.15, -0.1) is 0 Å². The van der Waals surface area contributed by atoms with E-state index in [2.05, 4.69) is 0 Å². The minimum atomic E-state index is -0.230. The summed E-state index contributed by atoms with van der Waals surface area (Å²) >= 11 is 0. The Labute approximate surface area is 102 Å². The normalized spacial score (nSPS) is 19.1. The number of piperidine rings is 1. The zero-order valence-corrected chi connectivity index (χ0v) is 10.2. The van der Waals surface area contributed by atoms with Gasteiger partial charge in [0.25, 0.3) is 0 Å². The van der Waals surface area contributed by atoms with Crippen molar-refractivity contribution in [2.75, 3.05) is 13.1 Å². The molecule has 1 aromatic rings. The van der Waals surface area contributed by atoms with Crippen LogP contribution in [0.15, 0.2) is 30.3 Å². The van der Waals surface area contributed by atoms with E-state index in [0.717, 1.165) is 5.56 Å². The van der Waals surface area contributed by atoms with Crippen molar-refractivity contribution in [3.63, 3.8) is 0 Å². The van der Waals surface area contributed by atoms with E-state index in [0.29, 0.717) is 25.9 Å². The smallest absolute Gasteiger partial charge is 0.229 e. The van der Waals surface area contributed by atoms with Gasteiger partial charge in [-0.2, -0.15) is 0 Å². The molecule has 0 bridgehead atoms. The summed E-state index contributed by atoms with van der Waals surface area (Å²) in [4.78, 5) is 14.1. The zero-order valence-electron chi connectivity index (χ0n) is 10.2. The molecule has 3 nitrogen and oxygen atoms in total. The van der Waals surface area contributed by atoms with Gasteiger partial charge < -0.3 is 10.0 Å². The standard InChI is InChI=1S/C14H19NO2/c1-11(12-5-3-2-4-6-12)14(17)15-9-7-13(16)8-10-15/h2-6,11,13,16H,7-10H2,1H3/t11-/m1/s1. The van der Waals surface area contributed by atoms with Crippen molar-refractivity contribution < 1.29 is 9.90 Å². The Morgan fingerprint density at radius 1 is 1.29 bits per heavy atom. The fraction of sp³-hybridized carbons (Fsp3) is 0.500. The highest BCUT2D eigenvalue weighted by Crippen LogP contribution is 2.20. The Morgan fingerprint density at radius 2 is 1.88 bits per heavy atom. The number of carbonyl (C=O) groups excluding carboxylic acids is 1. The summed E-state index contributed by atoms with van der Waals surface area (Å²) in [5.74, 6) is 0.0783. The number of hydrogen-bond acceptors (Lipinski definition) is 2.